The van der Waals surface area contributed by atoms with Gasteiger partial charge in [-0.25, -0.2) is 0 Å². The van der Waals surface area contributed by atoms with Gasteiger partial charge in [-0.3, -0.25) is 9.59 Å². The van der Waals surface area contributed by atoms with Gasteiger partial charge in [-0.1, -0.05) is 0 Å². The van der Waals surface area contributed by atoms with Crippen molar-refractivity contribution < 1.29 is 14.3 Å². The van der Waals surface area contributed by atoms with Crippen LogP contribution in [0.3, 0.4) is 0 Å². The van der Waals surface area contributed by atoms with Crippen LogP contribution in [0.15, 0.2) is 0 Å². The van der Waals surface area contributed by atoms with Crippen molar-refractivity contribution in [2.75, 3.05) is 13.2 Å². The van der Waals surface area contributed by atoms with Crippen molar-refractivity contribution in [3.8, 4) is 0 Å². The van der Waals surface area contributed by atoms with Gasteiger partial charge in [-0.2, -0.15) is 0 Å². The first-order valence-corrected chi connectivity index (χ1v) is 5.52. The Kier molecular flexibility index (Phi) is 4.12. The summed E-state index contributed by atoms with van der Waals surface area (Å²) < 4.78 is 4.84. The topological polar surface area (TPSA) is 46.6 Å². The van der Waals surface area contributed by atoms with E-state index in [1.165, 1.54) is 0 Å². The van der Waals surface area contributed by atoms with E-state index in [4.69, 9.17) is 4.74 Å². The van der Waals surface area contributed by atoms with Crippen LogP contribution in [0.25, 0.3) is 0 Å². The van der Waals surface area contributed by atoms with Crippen LogP contribution < -0.4 is 0 Å². The lowest BCUT2D eigenvalue weighted by molar-refractivity contribution is -0.150. The van der Waals surface area contributed by atoms with E-state index in [1.807, 2.05) is 13.8 Å². The third kappa shape index (κ3) is 3.53. The SMILES string of the molecule is CCOC(=O)CN(C(=O)C1CC1)C(C)C. The minimum absolute atomic E-state index is 0.0579. The van der Waals surface area contributed by atoms with Gasteiger partial charge in [0, 0.05) is 12.0 Å². The smallest absolute Gasteiger partial charge is 0.325 e. The van der Waals surface area contributed by atoms with Gasteiger partial charge < -0.3 is 9.64 Å². The minimum Gasteiger partial charge on any atom is -0.465 e. The van der Waals surface area contributed by atoms with E-state index in [0.29, 0.717) is 6.61 Å². The predicted molar refractivity (Wildman–Crippen MR) is 56.2 cm³/mol. The fourth-order valence-electron chi connectivity index (χ4n) is 1.43. The Morgan fingerprint density at radius 3 is 2.40 bits per heavy atom. The average molecular weight is 213 g/mol. The number of hydrogen-bond donors (Lipinski definition) is 0. The van der Waals surface area contributed by atoms with E-state index in [2.05, 4.69) is 0 Å². The molecule has 0 bridgehead atoms. The summed E-state index contributed by atoms with van der Waals surface area (Å²) in [6.45, 7) is 6.04. The van der Waals surface area contributed by atoms with Crippen molar-refractivity contribution >= 4 is 11.9 Å². The summed E-state index contributed by atoms with van der Waals surface area (Å²) in [4.78, 5) is 24.7. The number of esters is 1. The Morgan fingerprint density at radius 2 is 2.00 bits per heavy atom. The van der Waals surface area contributed by atoms with Crippen LogP contribution in [0.4, 0.5) is 0 Å². The highest BCUT2D eigenvalue weighted by Gasteiger charge is 2.35. The Morgan fingerprint density at radius 1 is 1.40 bits per heavy atom. The zero-order valence-corrected chi connectivity index (χ0v) is 9.66. The van der Waals surface area contributed by atoms with Gasteiger partial charge >= 0.3 is 5.97 Å². The van der Waals surface area contributed by atoms with E-state index < -0.39 is 0 Å². The molecule has 1 fully saturated rings. The zero-order valence-electron chi connectivity index (χ0n) is 9.66. The fraction of sp³-hybridized carbons (Fsp3) is 0.818. The molecule has 0 heterocycles. The van der Waals surface area contributed by atoms with E-state index in [9.17, 15) is 9.59 Å². The molecule has 0 aromatic heterocycles. The maximum Gasteiger partial charge on any atom is 0.325 e. The second-order valence-corrected chi connectivity index (χ2v) is 4.14. The number of nitrogens with zero attached hydrogens (tertiary/aromatic N) is 1. The summed E-state index contributed by atoms with van der Waals surface area (Å²) in [6, 6.07) is 0.0579. The van der Waals surface area contributed by atoms with Crippen LogP contribution in [0.5, 0.6) is 0 Å². The maximum atomic E-state index is 11.8. The van der Waals surface area contributed by atoms with Gasteiger partial charge in [0.1, 0.15) is 6.54 Å². The quantitative estimate of drug-likeness (QED) is 0.645. The monoisotopic (exact) mass is 213 g/mol. The Bertz CT molecular complexity index is 246. The number of carbonyl (C=O) groups is 2. The molecular formula is C11H19NO3. The zero-order chi connectivity index (χ0) is 11.4. The molecule has 4 nitrogen and oxygen atoms in total. The van der Waals surface area contributed by atoms with E-state index in [0.717, 1.165) is 12.8 Å². The first-order chi connectivity index (χ1) is 7.06. The van der Waals surface area contributed by atoms with Crippen molar-refractivity contribution in [1.82, 2.24) is 4.90 Å². The summed E-state index contributed by atoms with van der Waals surface area (Å²) in [7, 11) is 0. The average Bonchev–Trinajstić information content (AvgIpc) is 2.96. The molecule has 0 atom stereocenters. The molecule has 0 aliphatic heterocycles. The first kappa shape index (κ1) is 12.0. The molecular weight excluding hydrogens is 194 g/mol. The number of rotatable bonds is 5. The molecule has 0 radical (unpaired) electrons. The van der Waals surface area contributed by atoms with Crippen molar-refractivity contribution in [1.29, 1.82) is 0 Å². The highest BCUT2D eigenvalue weighted by atomic mass is 16.5. The molecule has 15 heavy (non-hydrogen) atoms. The molecule has 1 aliphatic rings. The van der Waals surface area contributed by atoms with Crippen LogP contribution in [-0.4, -0.2) is 36.0 Å². The first-order valence-electron chi connectivity index (χ1n) is 5.52. The third-order valence-corrected chi connectivity index (χ3v) is 2.44. The largest absolute Gasteiger partial charge is 0.465 e. The highest BCUT2D eigenvalue weighted by Crippen LogP contribution is 2.31. The fourth-order valence-corrected chi connectivity index (χ4v) is 1.43. The molecule has 0 saturated heterocycles. The van der Waals surface area contributed by atoms with E-state index in [-0.39, 0.29) is 30.4 Å². The Hall–Kier alpha value is -1.06. The highest BCUT2D eigenvalue weighted by molar-refractivity contribution is 5.85. The summed E-state index contributed by atoms with van der Waals surface area (Å²) >= 11 is 0. The van der Waals surface area contributed by atoms with Gasteiger partial charge in [-0.15, -0.1) is 0 Å². The Balaban J connectivity index is 2.49. The molecule has 1 rings (SSSR count). The summed E-state index contributed by atoms with van der Waals surface area (Å²) in [5, 5.41) is 0. The number of amides is 1. The Labute approximate surface area is 90.6 Å². The predicted octanol–water partition coefficient (Wildman–Crippen LogP) is 1.20. The molecule has 1 amide bonds. The molecule has 86 valence electrons. The van der Waals surface area contributed by atoms with Gasteiger partial charge in [0.15, 0.2) is 0 Å². The molecule has 0 N–H and O–H groups in total. The molecule has 4 heteroatoms. The number of carbonyl (C=O) groups excluding carboxylic acids is 2. The standard InChI is InChI=1S/C11H19NO3/c1-4-15-10(13)7-12(8(2)3)11(14)9-5-6-9/h8-9H,4-7H2,1-3H3. The molecule has 0 spiro atoms. The van der Waals surface area contributed by atoms with Crippen molar-refractivity contribution in [2.45, 2.75) is 39.7 Å². The van der Waals surface area contributed by atoms with Crippen LogP contribution >= 0.6 is 0 Å². The normalized spacial score (nSPS) is 15.2. The van der Waals surface area contributed by atoms with Crippen LogP contribution in [0.1, 0.15) is 33.6 Å². The second kappa shape index (κ2) is 5.14. The van der Waals surface area contributed by atoms with Gasteiger partial charge in [-0.05, 0) is 33.6 Å². The molecule has 0 aromatic carbocycles. The summed E-state index contributed by atoms with van der Waals surface area (Å²) in [5.41, 5.74) is 0. The number of ether oxygens (including phenoxy) is 1. The lowest BCUT2D eigenvalue weighted by atomic mass is 10.2. The van der Waals surface area contributed by atoms with Crippen molar-refractivity contribution in [3.63, 3.8) is 0 Å². The summed E-state index contributed by atoms with van der Waals surface area (Å²) in [5.74, 6) is -0.0694. The van der Waals surface area contributed by atoms with E-state index >= 15 is 0 Å². The molecule has 0 aromatic rings. The van der Waals surface area contributed by atoms with Gasteiger partial charge in [0.25, 0.3) is 0 Å². The van der Waals surface area contributed by atoms with Gasteiger partial charge in [0.05, 0.1) is 6.61 Å². The van der Waals surface area contributed by atoms with Crippen LogP contribution in [0.2, 0.25) is 0 Å². The molecule has 0 unspecified atom stereocenters. The second-order valence-electron chi connectivity index (χ2n) is 4.14. The number of hydrogen-bond acceptors (Lipinski definition) is 3. The lowest BCUT2D eigenvalue weighted by Crippen LogP contribution is -2.42. The van der Waals surface area contributed by atoms with Crippen LogP contribution in [0, 0.1) is 5.92 Å². The summed E-state index contributed by atoms with van der Waals surface area (Å²) in [6.07, 6.45) is 1.93. The maximum absolute atomic E-state index is 11.8. The van der Waals surface area contributed by atoms with Crippen molar-refractivity contribution in [3.05, 3.63) is 0 Å². The molecule has 1 saturated carbocycles. The minimum atomic E-state index is -0.319. The van der Waals surface area contributed by atoms with Gasteiger partial charge in [0.2, 0.25) is 5.91 Å². The van der Waals surface area contributed by atoms with E-state index in [1.54, 1.807) is 11.8 Å². The third-order valence-electron chi connectivity index (χ3n) is 2.44. The molecule has 1 aliphatic carbocycles. The van der Waals surface area contributed by atoms with Crippen LogP contribution in [-0.2, 0) is 14.3 Å². The lowest BCUT2D eigenvalue weighted by Gasteiger charge is -2.25. The van der Waals surface area contributed by atoms with Crippen molar-refractivity contribution in [2.24, 2.45) is 5.92 Å².